The molecule has 4 rings (SSSR count). The summed E-state index contributed by atoms with van der Waals surface area (Å²) < 4.78 is 0.994. The number of rotatable bonds is 9. The van der Waals surface area contributed by atoms with Gasteiger partial charge >= 0.3 is 0 Å². The van der Waals surface area contributed by atoms with E-state index in [0.717, 1.165) is 36.0 Å². The van der Waals surface area contributed by atoms with Crippen LogP contribution < -0.4 is 5.32 Å². The Bertz CT molecular complexity index is 899. The van der Waals surface area contributed by atoms with Crippen LogP contribution in [0.3, 0.4) is 0 Å². The van der Waals surface area contributed by atoms with Crippen molar-refractivity contribution in [2.75, 3.05) is 25.4 Å². The lowest BCUT2D eigenvalue weighted by Gasteiger charge is -2.35. The molecule has 0 radical (unpaired) electrons. The van der Waals surface area contributed by atoms with Gasteiger partial charge in [0.2, 0.25) is 0 Å². The number of unbranched alkanes of at least 4 members (excludes halogenated alkanes) is 1. The molecule has 166 valence electrons. The highest BCUT2D eigenvalue weighted by atomic mass is 79.9. The van der Waals surface area contributed by atoms with Gasteiger partial charge in [-0.15, -0.1) is 11.8 Å². The number of halogens is 1. The van der Waals surface area contributed by atoms with Crippen LogP contribution in [-0.2, 0) is 19.3 Å². The number of aryl methyl sites for hydroxylation is 2. The number of amides is 1. The molecule has 0 saturated carbocycles. The Morgan fingerprint density at radius 3 is 2.74 bits per heavy atom. The molecule has 0 aromatic heterocycles. The van der Waals surface area contributed by atoms with Crippen LogP contribution in [0.4, 0.5) is 0 Å². The summed E-state index contributed by atoms with van der Waals surface area (Å²) in [6.07, 6.45) is 8.30. The molecule has 2 aromatic rings. The molecule has 2 aliphatic rings. The minimum atomic E-state index is 0.0206. The predicted molar refractivity (Wildman–Crippen MR) is 134 cm³/mol. The number of carbonyl (C=O) groups is 1. The number of hydrogen-bond acceptors (Lipinski definition) is 3. The second-order valence-electron chi connectivity index (χ2n) is 8.73. The Kier molecular flexibility index (Phi) is 8.13. The zero-order chi connectivity index (χ0) is 21.6. The molecule has 1 aliphatic heterocycles. The SMILES string of the molecule is CCCN(CCCCNC(=O)c1ccc(Br)cc1)C1CCc2cc3c(cc2C1)SCC3. The zero-order valence-corrected chi connectivity index (χ0v) is 20.9. The monoisotopic (exact) mass is 500 g/mol. The van der Waals surface area contributed by atoms with E-state index >= 15 is 0 Å². The van der Waals surface area contributed by atoms with Crippen LogP contribution >= 0.6 is 27.7 Å². The fourth-order valence-electron chi connectivity index (χ4n) is 4.84. The van der Waals surface area contributed by atoms with Crippen LogP contribution in [0.15, 0.2) is 45.8 Å². The Morgan fingerprint density at radius 2 is 1.94 bits per heavy atom. The van der Waals surface area contributed by atoms with Gasteiger partial charge in [-0.25, -0.2) is 0 Å². The number of hydrogen-bond donors (Lipinski definition) is 1. The second-order valence-corrected chi connectivity index (χ2v) is 10.8. The molecule has 1 N–H and O–H groups in total. The lowest BCUT2D eigenvalue weighted by molar-refractivity contribution is 0.0952. The van der Waals surface area contributed by atoms with Crippen molar-refractivity contribution in [2.24, 2.45) is 0 Å². The van der Waals surface area contributed by atoms with E-state index in [1.54, 1.807) is 16.7 Å². The second kappa shape index (κ2) is 11.0. The summed E-state index contributed by atoms with van der Waals surface area (Å²) >= 11 is 5.44. The van der Waals surface area contributed by atoms with E-state index in [1.807, 2.05) is 36.0 Å². The molecule has 0 spiro atoms. The summed E-state index contributed by atoms with van der Waals surface area (Å²) in [4.78, 5) is 16.5. The van der Waals surface area contributed by atoms with Crippen LogP contribution in [-0.4, -0.2) is 42.2 Å². The van der Waals surface area contributed by atoms with Crippen molar-refractivity contribution in [2.45, 2.75) is 62.8 Å². The van der Waals surface area contributed by atoms with Gasteiger partial charge in [-0.1, -0.05) is 28.9 Å². The molecule has 1 heterocycles. The average Bonchev–Trinajstić information content (AvgIpc) is 3.23. The van der Waals surface area contributed by atoms with E-state index in [4.69, 9.17) is 0 Å². The topological polar surface area (TPSA) is 32.3 Å². The first-order valence-electron chi connectivity index (χ1n) is 11.7. The Labute approximate surface area is 199 Å². The summed E-state index contributed by atoms with van der Waals surface area (Å²) in [5.41, 5.74) is 5.50. The lowest BCUT2D eigenvalue weighted by Crippen LogP contribution is -2.40. The van der Waals surface area contributed by atoms with Gasteiger partial charge in [0.05, 0.1) is 0 Å². The minimum absolute atomic E-state index is 0.0206. The fraction of sp³-hybridized carbons (Fsp3) is 0.500. The first kappa shape index (κ1) is 22.9. The smallest absolute Gasteiger partial charge is 0.251 e. The van der Waals surface area contributed by atoms with Gasteiger partial charge in [0.15, 0.2) is 0 Å². The molecule has 0 saturated heterocycles. The van der Waals surface area contributed by atoms with Crippen LogP contribution in [0.5, 0.6) is 0 Å². The largest absolute Gasteiger partial charge is 0.352 e. The Balaban J connectivity index is 1.25. The maximum Gasteiger partial charge on any atom is 0.251 e. The molecule has 1 amide bonds. The summed E-state index contributed by atoms with van der Waals surface area (Å²) in [5.74, 6) is 1.27. The normalized spacial score (nSPS) is 17.5. The summed E-state index contributed by atoms with van der Waals surface area (Å²) in [6.45, 7) is 5.32. The number of fused-ring (bicyclic) bond motifs is 2. The molecule has 0 fully saturated rings. The van der Waals surface area contributed by atoms with Gasteiger partial charge in [-0.05, 0) is 105 Å². The summed E-state index contributed by atoms with van der Waals surface area (Å²) in [7, 11) is 0. The van der Waals surface area contributed by atoms with Crippen molar-refractivity contribution < 1.29 is 4.79 Å². The molecule has 5 heteroatoms. The number of nitrogens with one attached hydrogen (secondary N) is 1. The number of nitrogens with zero attached hydrogens (tertiary/aromatic N) is 1. The van der Waals surface area contributed by atoms with Gasteiger partial charge in [-0.3, -0.25) is 4.79 Å². The third-order valence-corrected chi connectivity index (χ3v) is 8.13. The summed E-state index contributed by atoms with van der Waals surface area (Å²) in [5, 5.41) is 3.07. The minimum Gasteiger partial charge on any atom is -0.352 e. The van der Waals surface area contributed by atoms with Gasteiger partial charge in [-0.2, -0.15) is 0 Å². The van der Waals surface area contributed by atoms with E-state index in [1.165, 1.54) is 49.3 Å². The van der Waals surface area contributed by atoms with E-state index in [0.29, 0.717) is 6.04 Å². The third-order valence-electron chi connectivity index (χ3n) is 6.51. The molecule has 1 aliphatic carbocycles. The zero-order valence-electron chi connectivity index (χ0n) is 18.5. The summed E-state index contributed by atoms with van der Waals surface area (Å²) in [6, 6.07) is 13.2. The van der Waals surface area contributed by atoms with E-state index in [2.05, 4.69) is 45.2 Å². The molecule has 3 nitrogen and oxygen atoms in total. The predicted octanol–water partition coefficient (Wildman–Crippen LogP) is 5.88. The maximum atomic E-state index is 12.3. The third kappa shape index (κ3) is 5.94. The van der Waals surface area contributed by atoms with E-state index < -0.39 is 0 Å². The Morgan fingerprint density at radius 1 is 1.10 bits per heavy atom. The maximum absolute atomic E-state index is 12.3. The number of benzene rings is 2. The van der Waals surface area contributed by atoms with Crippen molar-refractivity contribution in [1.82, 2.24) is 10.2 Å². The quantitative estimate of drug-likeness (QED) is 0.436. The molecule has 2 aromatic carbocycles. The highest BCUT2D eigenvalue weighted by Crippen LogP contribution is 2.36. The average molecular weight is 502 g/mol. The van der Waals surface area contributed by atoms with Gasteiger partial charge < -0.3 is 10.2 Å². The van der Waals surface area contributed by atoms with Crippen molar-refractivity contribution in [3.63, 3.8) is 0 Å². The molecular formula is C26H33BrN2OS. The van der Waals surface area contributed by atoms with E-state index in [9.17, 15) is 4.79 Å². The number of thioether (sulfide) groups is 1. The molecule has 0 bridgehead atoms. The van der Waals surface area contributed by atoms with Crippen molar-refractivity contribution in [3.05, 3.63) is 63.1 Å². The van der Waals surface area contributed by atoms with Gasteiger partial charge in [0, 0.05) is 33.3 Å². The van der Waals surface area contributed by atoms with Crippen LogP contribution in [0, 0.1) is 0 Å². The van der Waals surface area contributed by atoms with Crippen LogP contribution in [0.1, 0.15) is 59.7 Å². The standard InChI is InChI=1S/C26H33BrN2OS/c1-2-13-29(14-4-3-12-28-26(30)19-5-8-23(27)9-6-19)24-10-7-20-16-21-11-15-31-25(21)18-22(20)17-24/h5-6,8-9,16,18,24H,2-4,7,10-15,17H2,1H3,(H,28,30). The Hall–Kier alpha value is -1.30. The lowest BCUT2D eigenvalue weighted by atomic mass is 9.86. The van der Waals surface area contributed by atoms with Crippen molar-refractivity contribution in [1.29, 1.82) is 0 Å². The first-order chi connectivity index (χ1) is 15.1. The first-order valence-corrected chi connectivity index (χ1v) is 13.5. The molecule has 1 atom stereocenters. The molecule has 1 unspecified atom stereocenters. The molecule has 31 heavy (non-hydrogen) atoms. The fourth-order valence-corrected chi connectivity index (χ4v) is 6.22. The highest BCUT2D eigenvalue weighted by molar-refractivity contribution is 9.10. The van der Waals surface area contributed by atoms with Crippen molar-refractivity contribution >= 4 is 33.6 Å². The van der Waals surface area contributed by atoms with Crippen LogP contribution in [0.2, 0.25) is 0 Å². The van der Waals surface area contributed by atoms with Gasteiger partial charge in [0.1, 0.15) is 0 Å². The molecular weight excluding hydrogens is 468 g/mol. The van der Waals surface area contributed by atoms with Crippen molar-refractivity contribution in [3.8, 4) is 0 Å². The number of carbonyl (C=O) groups excluding carboxylic acids is 1. The van der Waals surface area contributed by atoms with Crippen LogP contribution in [0.25, 0.3) is 0 Å². The van der Waals surface area contributed by atoms with E-state index in [-0.39, 0.29) is 5.91 Å². The van der Waals surface area contributed by atoms with Gasteiger partial charge in [0.25, 0.3) is 5.91 Å². The highest BCUT2D eigenvalue weighted by Gasteiger charge is 2.25.